The topological polar surface area (TPSA) is 105 Å². The molecule has 17 heavy (non-hydrogen) atoms. The van der Waals surface area contributed by atoms with Gasteiger partial charge in [-0.2, -0.15) is 4.98 Å². The lowest BCUT2D eigenvalue weighted by molar-refractivity contribution is 0.379. The van der Waals surface area contributed by atoms with Crippen molar-refractivity contribution in [3.05, 3.63) is 22.5 Å². The van der Waals surface area contributed by atoms with Crippen LogP contribution in [0.25, 0.3) is 11.4 Å². The highest BCUT2D eigenvalue weighted by Gasteiger charge is 2.19. The molecule has 7 heteroatoms. The van der Waals surface area contributed by atoms with Crippen LogP contribution in [0.2, 0.25) is 5.02 Å². The van der Waals surface area contributed by atoms with Gasteiger partial charge >= 0.3 is 0 Å². The van der Waals surface area contributed by atoms with Gasteiger partial charge in [0, 0.05) is 11.1 Å². The van der Waals surface area contributed by atoms with Gasteiger partial charge in [0.05, 0.1) is 12.1 Å². The number of aromatic hydroxyl groups is 2. The largest absolute Gasteiger partial charge is 0.504 e. The first kappa shape index (κ1) is 11.7. The Kier molecular flexibility index (Phi) is 2.91. The van der Waals surface area contributed by atoms with Crippen LogP contribution in [0.15, 0.2) is 10.6 Å². The lowest BCUT2D eigenvalue weighted by Crippen LogP contribution is -1.96. The van der Waals surface area contributed by atoms with Gasteiger partial charge in [0.2, 0.25) is 11.7 Å². The average Bonchev–Trinajstić information content (AvgIpc) is 2.75. The zero-order chi connectivity index (χ0) is 12.6. The predicted molar refractivity (Wildman–Crippen MR) is 60.7 cm³/mol. The molecule has 0 saturated heterocycles. The number of hydrogen-bond acceptors (Lipinski definition) is 6. The molecule has 1 aromatic carbocycles. The smallest absolute Gasteiger partial charge is 0.240 e. The van der Waals surface area contributed by atoms with Gasteiger partial charge in [-0.05, 0) is 12.5 Å². The second-order valence-electron chi connectivity index (χ2n) is 3.44. The molecule has 0 bridgehead atoms. The number of nitrogens with zero attached hydrogens (tertiary/aromatic N) is 2. The third kappa shape index (κ3) is 1.92. The van der Waals surface area contributed by atoms with Crippen molar-refractivity contribution in [2.75, 3.05) is 0 Å². The molecule has 0 radical (unpaired) electrons. The number of phenolic OH excluding ortho intramolecular Hbond substituents is 2. The highest BCUT2D eigenvalue weighted by Crippen LogP contribution is 2.41. The van der Waals surface area contributed by atoms with Gasteiger partial charge in [-0.25, -0.2) is 0 Å². The quantitative estimate of drug-likeness (QED) is 0.704. The fourth-order valence-electron chi connectivity index (χ4n) is 1.43. The molecule has 4 N–H and O–H groups in total. The lowest BCUT2D eigenvalue weighted by Gasteiger charge is -2.08. The predicted octanol–water partition coefficient (Wildman–Crippen LogP) is 1.57. The van der Waals surface area contributed by atoms with Gasteiger partial charge < -0.3 is 20.5 Å². The van der Waals surface area contributed by atoms with Gasteiger partial charge in [0.1, 0.15) is 0 Å². The number of hydrogen-bond donors (Lipinski definition) is 3. The van der Waals surface area contributed by atoms with E-state index in [1.54, 1.807) is 6.92 Å². The van der Waals surface area contributed by atoms with Crippen molar-refractivity contribution in [1.82, 2.24) is 10.1 Å². The molecule has 1 aromatic heterocycles. The highest BCUT2D eigenvalue weighted by atomic mass is 35.5. The number of benzene rings is 1. The zero-order valence-electron chi connectivity index (χ0n) is 8.94. The molecule has 0 unspecified atom stereocenters. The molecule has 2 aromatic rings. The summed E-state index contributed by atoms with van der Waals surface area (Å²) in [5, 5.41) is 23.2. The van der Waals surface area contributed by atoms with Gasteiger partial charge in [0.25, 0.3) is 0 Å². The normalized spacial score (nSPS) is 10.8. The highest BCUT2D eigenvalue weighted by molar-refractivity contribution is 6.32. The maximum absolute atomic E-state index is 9.78. The minimum atomic E-state index is -0.338. The van der Waals surface area contributed by atoms with Crippen LogP contribution in [-0.2, 0) is 6.54 Å². The monoisotopic (exact) mass is 255 g/mol. The van der Waals surface area contributed by atoms with Gasteiger partial charge in [0.15, 0.2) is 11.5 Å². The molecule has 0 aliphatic heterocycles. The Balaban J connectivity index is 2.65. The molecule has 0 aliphatic carbocycles. The molecule has 90 valence electrons. The first-order chi connectivity index (χ1) is 8.04. The molecule has 2 rings (SSSR count). The summed E-state index contributed by atoms with van der Waals surface area (Å²) in [6, 6.07) is 1.25. The Morgan fingerprint density at radius 2 is 2.18 bits per heavy atom. The molecular weight excluding hydrogens is 246 g/mol. The number of rotatable bonds is 2. The Bertz CT molecular complexity index is 542. The zero-order valence-corrected chi connectivity index (χ0v) is 9.69. The maximum Gasteiger partial charge on any atom is 0.240 e. The van der Waals surface area contributed by atoms with Gasteiger partial charge in [-0.1, -0.05) is 16.8 Å². The Hall–Kier alpha value is -1.79. The van der Waals surface area contributed by atoms with E-state index >= 15 is 0 Å². The van der Waals surface area contributed by atoms with Crippen LogP contribution in [0, 0.1) is 6.92 Å². The second kappa shape index (κ2) is 4.23. The van der Waals surface area contributed by atoms with E-state index in [-0.39, 0.29) is 35.3 Å². The van der Waals surface area contributed by atoms with Crippen molar-refractivity contribution in [3.63, 3.8) is 0 Å². The second-order valence-corrected chi connectivity index (χ2v) is 3.85. The Morgan fingerprint density at radius 1 is 1.47 bits per heavy atom. The van der Waals surface area contributed by atoms with Crippen molar-refractivity contribution in [2.45, 2.75) is 13.5 Å². The van der Waals surface area contributed by atoms with Crippen LogP contribution in [-0.4, -0.2) is 20.4 Å². The molecular formula is C10H10ClN3O3. The van der Waals surface area contributed by atoms with Crippen LogP contribution < -0.4 is 5.73 Å². The average molecular weight is 256 g/mol. The fourth-order valence-corrected chi connectivity index (χ4v) is 1.63. The van der Waals surface area contributed by atoms with Gasteiger partial charge in [-0.15, -0.1) is 0 Å². The van der Waals surface area contributed by atoms with Gasteiger partial charge in [-0.3, -0.25) is 0 Å². The van der Waals surface area contributed by atoms with E-state index in [2.05, 4.69) is 10.1 Å². The molecule has 1 heterocycles. The van der Waals surface area contributed by atoms with E-state index in [1.807, 2.05) is 0 Å². The summed E-state index contributed by atoms with van der Waals surface area (Å²) >= 11 is 5.90. The van der Waals surface area contributed by atoms with E-state index in [4.69, 9.17) is 21.9 Å². The fraction of sp³-hybridized carbons (Fsp3) is 0.200. The molecule has 0 amide bonds. The summed E-state index contributed by atoms with van der Waals surface area (Å²) < 4.78 is 4.84. The van der Waals surface area contributed by atoms with E-state index in [0.717, 1.165) is 0 Å². The van der Waals surface area contributed by atoms with Crippen molar-refractivity contribution in [2.24, 2.45) is 5.73 Å². The summed E-state index contributed by atoms with van der Waals surface area (Å²) in [7, 11) is 0. The van der Waals surface area contributed by atoms with E-state index in [1.165, 1.54) is 6.07 Å². The number of aromatic nitrogens is 2. The van der Waals surface area contributed by atoms with E-state index in [9.17, 15) is 10.2 Å². The van der Waals surface area contributed by atoms with Crippen molar-refractivity contribution in [1.29, 1.82) is 0 Å². The molecule has 0 fully saturated rings. The minimum Gasteiger partial charge on any atom is -0.504 e. The Labute approximate surface area is 102 Å². The van der Waals surface area contributed by atoms with E-state index < -0.39 is 0 Å². The van der Waals surface area contributed by atoms with Crippen LogP contribution in [0.5, 0.6) is 11.5 Å². The van der Waals surface area contributed by atoms with Crippen LogP contribution in [0.1, 0.15) is 11.5 Å². The summed E-state index contributed by atoms with van der Waals surface area (Å²) in [6.45, 7) is 1.77. The van der Waals surface area contributed by atoms with Crippen LogP contribution in [0.3, 0.4) is 0 Å². The van der Waals surface area contributed by atoms with Crippen LogP contribution >= 0.6 is 11.6 Å². The standard InChI is InChI=1S/C10H10ClN3O3/c1-4-5(11)2-6(15)9(16)8(4)10-13-7(3-12)17-14-10/h2,15-16H,3,12H2,1H3. The molecule has 0 aliphatic rings. The SMILES string of the molecule is Cc1c(Cl)cc(O)c(O)c1-c1noc(CN)n1. The lowest BCUT2D eigenvalue weighted by atomic mass is 10.1. The molecule has 0 spiro atoms. The maximum atomic E-state index is 9.78. The summed E-state index contributed by atoms with van der Waals surface area (Å²) in [6.07, 6.45) is 0. The number of halogens is 1. The molecule has 0 saturated carbocycles. The number of nitrogens with two attached hydrogens (primary N) is 1. The first-order valence-corrected chi connectivity index (χ1v) is 5.16. The molecule has 0 atom stereocenters. The van der Waals surface area contributed by atoms with Crippen molar-refractivity contribution >= 4 is 11.6 Å². The first-order valence-electron chi connectivity index (χ1n) is 4.78. The van der Waals surface area contributed by atoms with Crippen molar-refractivity contribution in [3.8, 4) is 22.9 Å². The molecule has 6 nitrogen and oxygen atoms in total. The summed E-state index contributed by atoms with van der Waals surface area (Å²) in [5.74, 6) is -0.303. The van der Waals surface area contributed by atoms with E-state index in [0.29, 0.717) is 10.6 Å². The Morgan fingerprint density at radius 3 is 2.76 bits per heavy atom. The van der Waals surface area contributed by atoms with Crippen LogP contribution in [0.4, 0.5) is 0 Å². The van der Waals surface area contributed by atoms with Crippen molar-refractivity contribution < 1.29 is 14.7 Å². The third-order valence-corrected chi connectivity index (χ3v) is 2.74. The third-order valence-electron chi connectivity index (χ3n) is 2.34. The summed E-state index contributed by atoms with van der Waals surface area (Å²) in [4.78, 5) is 3.97. The summed E-state index contributed by atoms with van der Waals surface area (Å²) in [5.41, 5.74) is 6.13. The number of phenols is 2. The minimum absolute atomic E-state index is 0.0966.